The molecule has 0 aliphatic carbocycles. The molecule has 13 heteroatoms. The van der Waals surface area contributed by atoms with Crippen molar-refractivity contribution in [3.05, 3.63) is 65.0 Å². The second-order valence-corrected chi connectivity index (χ2v) is 9.68. The van der Waals surface area contributed by atoms with Crippen LogP contribution in [0.4, 0.5) is 28.8 Å². The number of carbonyl (C=O) groups excluding carboxylic acids is 1. The minimum Gasteiger partial charge on any atom is -0.506 e. The SMILES string of the molecule is COc1cc(O)c(Cl)c(Nc2ncccc2-c2ncnc(Nc3ccc(N4CCN(C(C)=O)CC4)cc3)n2)c1Cl. The normalized spacial score (nSPS) is 13.2. The van der Waals surface area contributed by atoms with E-state index < -0.39 is 0 Å². The zero-order valence-electron chi connectivity index (χ0n) is 21.7. The lowest BCUT2D eigenvalue weighted by Crippen LogP contribution is -2.48. The zero-order valence-corrected chi connectivity index (χ0v) is 23.2. The van der Waals surface area contributed by atoms with Crippen LogP contribution in [0.5, 0.6) is 11.5 Å². The summed E-state index contributed by atoms with van der Waals surface area (Å²) in [6.45, 7) is 4.61. The Balaban J connectivity index is 1.34. The molecular formula is C27H26Cl2N8O3. The van der Waals surface area contributed by atoms with Crippen molar-refractivity contribution in [3.8, 4) is 22.9 Å². The lowest BCUT2D eigenvalue weighted by Gasteiger charge is -2.35. The van der Waals surface area contributed by atoms with Crippen LogP contribution in [0.3, 0.4) is 0 Å². The molecule has 0 atom stereocenters. The van der Waals surface area contributed by atoms with Gasteiger partial charge in [-0.2, -0.15) is 4.98 Å². The number of pyridine rings is 1. The Labute approximate surface area is 240 Å². The highest BCUT2D eigenvalue weighted by Crippen LogP contribution is 2.45. The summed E-state index contributed by atoms with van der Waals surface area (Å²) in [6, 6.07) is 12.8. The minimum atomic E-state index is -0.195. The molecule has 2 aromatic heterocycles. The Morgan fingerprint density at radius 2 is 1.75 bits per heavy atom. The van der Waals surface area contributed by atoms with E-state index in [1.807, 2.05) is 29.2 Å². The molecule has 2 aromatic carbocycles. The number of phenols is 1. The Morgan fingerprint density at radius 1 is 1.00 bits per heavy atom. The molecule has 206 valence electrons. The van der Waals surface area contributed by atoms with Gasteiger partial charge in [-0.05, 0) is 36.4 Å². The number of methoxy groups -OCH3 is 1. The van der Waals surface area contributed by atoms with Crippen molar-refractivity contribution in [2.45, 2.75) is 6.92 Å². The van der Waals surface area contributed by atoms with Crippen LogP contribution in [0.2, 0.25) is 10.0 Å². The molecule has 3 heterocycles. The average Bonchev–Trinajstić information content (AvgIpc) is 2.98. The zero-order chi connectivity index (χ0) is 28.2. The van der Waals surface area contributed by atoms with Crippen molar-refractivity contribution >= 4 is 57.9 Å². The molecular weight excluding hydrogens is 555 g/mol. The maximum absolute atomic E-state index is 11.6. The number of hydrogen-bond donors (Lipinski definition) is 3. The highest BCUT2D eigenvalue weighted by molar-refractivity contribution is 6.41. The maximum Gasteiger partial charge on any atom is 0.230 e. The Hall–Kier alpha value is -4.35. The number of benzene rings is 2. The topological polar surface area (TPSA) is 129 Å². The van der Waals surface area contributed by atoms with E-state index in [9.17, 15) is 9.90 Å². The number of piperazine rings is 1. The summed E-state index contributed by atoms with van der Waals surface area (Å²) in [7, 11) is 1.44. The highest BCUT2D eigenvalue weighted by atomic mass is 35.5. The molecule has 0 saturated carbocycles. The average molecular weight is 581 g/mol. The number of carbonyl (C=O) groups is 1. The molecule has 1 amide bonds. The van der Waals surface area contributed by atoms with Crippen LogP contribution in [-0.4, -0.2) is 69.1 Å². The van der Waals surface area contributed by atoms with Gasteiger partial charge >= 0.3 is 0 Å². The van der Waals surface area contributed by atoms with Gasteiger partial charge in [0, 0.05) is 56.7 Å². The molecule has 1 fully saturated rings. The van der Waals surface area contributed by atoms with Gasteiger partial charge in [0.05, 0.1) is 18.4 Å². The number of aromatic nitrogens is 4. The largest absolute Gasteiger partial charge is 0.506 e. The smallest absolute Gasteiger partial charge is 0.230 e. The summed E-state index contributed by atoms with van der Waals surface area (Å²) in [4.78, 5) is 33.3. The van der Waals surface area contributed by atoms with Gasteiger partial charge in [0.15, 0.2) is 5.82 Å². The number of amides is 1. The Kier molecular flexibility index (Phi) is 8.04. The lowest BCUT2D eigenvalue weighted by atomic mass is 10.2. The molecule has 0 spiro atoms. The Morgan fingerprint density at radius 3 is 2.45 bits per heavy atom. The van der Waals surface area contributed by atoms with Crippen LogP contribution < -0.4 is 20.3 Å². The number of anilines is 5. The van der Waals surface area contributed by atoms with Crippen LogP contribution in [0, 0.1) is 0 Å². The molecule has 0 radical (unpaired) electrons. The van der Waals surface area contributed by atoms with Gasteiger partial charge < -0.3 is 30.3 Å². The fourth-order valence-corrected chi connectivity index (χ4v) is 4.83. The van der Waals surface area contributed by atoms with Crippen molar-refractivity contribution in [1.82, 2.24) is 24.8 Å². The third-order valence-corrected chi connectivity index (χ3v) is 7.20. The predicted molar refractivity (Wildman–Crippen MR) is 155 cm³/mol. The summed E-state index contributed by atoms with van der Waals surface area (Å²) in [6.07, 6.45) is 3.00. The molecule has 5 rings (SSSR count). The maximum atomic E-state index is 11.6. The summed E-state index contributed by atoms with van der Waals surface area (Å²) >= 11 is 12.8. The van der Waals surface area contributed by atoms with E-state index in [1.165, 1.54) is 19.5 Å². The van der Waals surface area contributed by atoms with Crippen molar-refractivity contribution in [1.29, 1.82) is 0 Å². The monoisotopic (exact) mass is 580 g/mol. The molecule has 1 saturated heterocycles. The number of rotatable bonds is 7. The number of aromatic hydroxyl groups is 1. The molecule has 0 unspecified atom stereocenters. The minimum absolute atomic E-state index is 0.0181. The van der Waals surface area contributed by atoms with Gasteiger partial charge in [-0.15, -0.1) is 0 Å². The number of ether oxygens (including phenoxy) is 1. The number of halogens is 2. The fraction of sp³-hybridized carbons (Fsp3) is 0.222. The first-order valence-electron chi connectivity index (χ1n) is 12.4. The van der Waals surface area contributed by atoms with Crippen molar-refractivity contribution < 1.29 is 14.6 Å². The van der Waals surface area contributed by atoms with E-state index >= 15 is 0 Å². The third kappa shape index (κ3) is 5.80. The second-order valence-electron chi connectivity index (χ2n) is 8.92. The summed E-state index contributed by atoms with van der Waals surface area (Å²) in [5, 5.41) is 16.7. The second kappa shape index (κ2) is 11.8. The summed E-state index contributed by atoms with van der Waals surface area (Å²) < 4.78 is 5.23. The standard InChI is InChI=1S/C27H26Cl2N8O3/c1-16(38)36-10-12-37(13-11-36)18-7-5-17(6-8-18)33-27-32-15-31-26(35-27)19-4-3-9-30-25(19)34-24-22(28)20(39)14-21(40-2)23(24)29/h3-9,14-15,39H,10-13H2,1-2H3,(H,30,34)(H,31,32,33,35). The summed E-state index contributed by atoms with van der Waals surface area (Å²) in [5.41, 5.74) is 2.67. The number of nitrogens with zero attached hydrogens (tertiary/aromatic N) is 6. The van der Waals surface area contributed by atoms with Gasteiger partial charge in [0.1, 0.15) is 33.7 Å². The van der Waals surface area contributed by atoms with E-state index in [1.54, 1.807) is 25.3 Å². The predicted octanol–water partition coefficient (Wildman–Crippen LogP) is 5.11. The van der Waals surface area contributed by atoms with Crippen molar-refractivity contribution in [3.63, 3.8) is 0 Å². The van der Waals surface area contributed by atoms with Crippen LogP contribution in [-0.2, 0) is 4.79 Å². The highest BCUT2D eigenvalue weighted by Gasteiger charge is 2.20. The number of nitrogens with one attached hydrogen (secondary N) is 2. The Bertz CT molecular complexity index is 1530. The van der Waals surface area contributed by atoms with Gasteiger partial charge in [-0.1, -0.05) is 23.2 Å². The molecule has 1 aliphatic heterocycles. The molecule has 11 nitrogen and oxygen atoms in total. The third-order valence-electron chi connectivity index (χ3n) is 6.45. The van der Waals surface area contributed by atoms with Gasteiger partial charge in [0.25, 0.3) is 0 Å². The van der Waals surface area contributed by atoms with Crippen LogP contribution in [0.1, 0.15) is 6.92 Å². The van der Waals surface area contributed by atoms with Gasteiger partial charge in [-0.25, -0.2) is 15.0 Å². The molecule has 4 aromatic rings. The van der Waals surface area contributed by atoms with Crippen molar-refractivity contribution in [2.75, 3.05) is 48.8 Å². The van der Waals surface area contributed by atoms with E-state index in [2.05, 4.69) is 35.5 Å². The summed E-state index contributed by atoms with van der Waals surface area (Å²) in [5.74, 6) is 1.23. The lowest BCUT2D eigenvalue weighted by molar-refractivity contribution is -0.129. The first-order chi connectivity index (χ1) is 19.3. The van der Waals surface area contributed by atoms with E-state index in [-0.39, 0.29) is 33.1 Å². The molecule has 0 bridgehead atoms. The van der Waals surface area contributed by atoms with Crippen LogP contribution >= 0.6 is 23.2 Å². The molecule has 40 heavy (non-hydrogen) atoms. The van der Waals surface area contributed by atoms with Crippen LogP contribution in [0.25, 0.3) is 11.4 Å². The first-order valence-corrected chi connectivity index (χ1v) is 13.1. The van der Waals surface area contributed by atoms with Crippen LogP contribution in [0.15, 0.2) is 55.0 Å². The van der Waals surface area contributed by atoms with Gasteiger partial charge in [0.2, 0.25) is 11.9 Å². The van der Waals surface area contributed by atoms with Crippen molar-refractivity contribution in [2.24, 2.45) is 0 Å². The molecule has 1 aliphatic rings. The van der Waals surface area contributed by atoms with Gasteiger partial charge in [-0.3, -0.25) is 4.79 Å². The fourth-order valence-electron chi connectivity index (χ4n) is 4.31. The van der Waals surface area contributed by atoms with E-state index in [0.29, 0.717) is 36.2 Å². The number of phenolic OH excluding ortho intramolecular Hbond substituents is 1. The number of hydrogen-bond acceptors (Lipinski definition) is 10. The molecule has 3 N–H and O–H groups in total. The first kappa shape index (κ1) is 27.2. The van der Waals surface area contributed by atoms with E-state index in [0.717, 1.165) is 24.5 Å². The quantitative estimate of drug-likeness (QED) is 0.271. The van der Waals surface area contributed by atoms with E-state index in [4.69, 9.17) is 27.9 Å².